The number of hydroxylamine groups is 1. The van der Waals surface area contributed by atoms with E-state index in [1.54, 1.807) is 0 Å². The quantitative estimate of drug-likeness (QED) is 0.123. The fraction of sp³-hybridized carbons (Fsp3) is 0.839. The third-order valence-electron chi connectivity index (χ3n) is 11.3. The predicted molar refractivity (Wildman–Crippen MR) is 162 cm³/mol. The van der Waals surface area contributed by atoms with E-state index in [0.717, 1.165) is 19.3 Å². The molecule has 14 heteroatoms. The molecule has 4 saturated carbocycles. The van der Waals surface area contributed by atoms with E-state index in [0.29, 0.717) is 43.9 Å². The third-order valence-corrected chi connectivity index (χ3v) is 12.3. The Balaban J connectivity index is 1.29. The molecule has 13 atom stereocenters. The molecule has 13 unspecified atom stereocenters. The first-order valence-corrected chi connectivity index (χ1v) is 17.1. The van der Waals surface area contributed by atoms with Crippen LogP contribution in [0.15, 0.2) is 0 Å². The second-order valence-corrected chi connectivity index (χ2v) is 15.0. The summed E-state index contributed by atoms with van der Waals surface area (Å²) in [7, 11) is 0. The largest absolute Gasteiger partial charge is 0.481 e. The molecule has 0 aromatic rings. The minimum Gasteiger partial charge on any atom is -0.481 e. The van der Waals surface area contributed by atoms with Crippen molar-refractivity contribution in [3.63, 3.8) is 0 Å². The van der Waals surface area contributed by atoms with Crippen LogP contribution in [0, 0.1) is 53.3 Å². The van der Waals surface area contributed by atoms with Crippen LogP contribution >= 0.6 is 23.2 Å². The van der Waals surface area contributed by atoms with Crippen molar-refractivity contribution in [1.29, 1.82) is 0 Å². The zero-order valence-corrected chi connectivity index (χ0v) is 26.7. The monoisotopic (exact) mass is 676 g/mol. The van der Waals surface area contributed by atoms with Gasteiger partial charge < -0.3 is 31.0 Å². The minimum absolute atomic E-state index is 0.00674. The van der Waals surface area contributed by atoms with E-state index < -0.39 is 71.3 Å². The van der Waals surface area contributed by atoms with Crippen LogP contribution in [-0.4, -0.2) is 78.3 Å². The number of alkyl halides is 2. The average molecular weight is 678 g/mol. The van der Waals surface area contributed by atoms with E-state index in [1.807, 2.05) is 0 Å². The van der Waals surface area contributed by atoms with Crippen molar-refractivity contribution in [1.82, 2.24) is 10.8 Å². The van der Waals surface area contributed by atoms with Gasteiger partial charge in [0.1, 0.15) is 0 Å². The molecule has 4 aliphatic rings. The van der Waals surface area contributed by atoms with E-state index in [1.165, 1.54) is 0 Å². The first-order chi connectivity index (χ1) is 21.3. The zero-order chi connectivity index (χ0) is 33.0. The maximum Gasteiger partial charge on any atom is 0.307 e. The smallest absolute Gasteiger partial charge is 0.307 e. The van der Waals surface area contributed by atoms with Gasteiger partial charge in [-0.15, -0.1) is 23.2 Å². The Morgan fingerprint density at radius 3 is 1.69 bits per heavy atom. The number of nitrogens with one attached hydrogen (secondary N) is 2. The lowest BCUT2D eigenvalue weighted by Gasteiger charge is -2.44. The van der Waals surface area contributed by atoms with Crippen LogP contribution in [0.3, 0.4) is 0 Å². The van der Waals surface area contributed by atoms with E-state index in [4.69, 9.17) is 23.2 Å². The lowest BCUT2D eigenvalue weighted by Crippen LogP contribution is -2.52. The van der Waals surface area contributed by atoms with Gasteiger partial charge in [0.15, 0.2) is 0 Å². The highest BCUT2D eigenvalue weighted by Gasteiger charge is 2.47. The van der Waals surface area contributed by atoms with E-state index >= 15 is 0 Å². The van der Waals surface area contributed by atoms with Gasteiger partial charge in [-0.2, -0.15) is 0 Å². The van der Waals surface area contributed by atoms with Gasteiger partial charge in [-0.1, -0.05) is 6.42 Å². The maximum atomic E-state index is 13.1. The van der Waals surface area contributed by atoms with Gasteiger partial charge in [-0.25, -0.2) is 5.48 Å². The van der Waals surface area contributed by atoms with Gasteiger partial charge >= 0.3 is 23.9 Å². The van der Waals surface area contributed by atoms with Crippen molar-refractivity contribution in [3.8, 4) is 0 Å². The first kappa shape index (κ1) is 35.7. The molecule has 1 amide bonds. The second kappa shape index (κ2) is 15.6. The molecule has 12 nitrogen and oxygen atoms in total. The van der Waals surface area contributed by atoms with Crippen LogP contribution in [0.25, 0.3) is 0 Å². The highest BCUT2D eigenvalue weighted by atomic mass is 35.5. The summed E-state index contributed by atoms with van der Waals surface area (Å²) in [4.78, 5) is 60.1. The van der Waals surface area contributed by atoms with Crippen LogP contribution < -0.4 is 10.8 Å². The Morgan fingerprint density at radius 2 is 1.16 bits per heavy atom. The molecule has 4 fully saturated rings. The molecule has 0 radical (unpaired) electrons. The number of carboxylic acids is 4. The molecule has 4 aliphatic carbocycles. The Bertz CT molecular complexity index is 1110. The van der Waals surface area contributed by atoms with Crippen molar-refractivity contribution >= 4 is 53.0 Å². The zero-order valence-electron chi connectivity index (χ0n) is 25.2. The SMILES string of the molecule is O=C(O)C1CCC(C(=O)O)C(C(=O)NC2CCC(CC3CCC(C(NO)C4CC(C(=O)O)CCC4C(=O)O)C(Cl)C3)CC2Cl)C1. The second-order valence-electron chi connectivity index (χ2n) is 13.9. The molecular formula is C31H46Cl2N2O10. The Hall–Kier alpha value is -2.15. The van der Waals surface area contributed by atoms with E-state index in [9.17, 15) is 49.6 Å². The summed E-state index contributed by atoms with van der Waals surface area (Å²) in [6, 6.07) is -0.964. The summed E-state index contributed by atoms with van der Waals surface area (Å²) in [6.07, 6.45) is 6.20. The van der Waals surface area contributed by atoms with Crippen molar-refractivity contribution < 1.29 is 49.6 Å². The van der Waals surface area contributed by atoms with Crippen LogP contribution in [0.1, 0.15) is 83.5 Å². The summed E-state index contributed by atoms with van der Waals surface area (Å²) < 4.78 is 0. The number of carbonyl (C=O) groups excluding carboxylic acids is 1. The van der Waals surface area contributed by atoms with Gasteiger partial charge in [-0.05, 0) is 101 Å². The maximum absolute atomic E-state index is 13.1. The first-order valence-electron chi connectivity index (χ1n) is 16.2. The molecule has 0 spiro atoms. The molecule has 45 heavy (non-hydrogen) atoms. The summed E-state index contributed by atoms with van der Waals surface area (Å²) in [5.74, 6) is -8.68. The topological polar surface area (TPSA) is 211 Å². The normalized spacial score (nSPS) is 39.7. The van der Waals surface area contributed by atoms with Crippen LogP contribution in [0.4, 0.5) is 0 Å². The van der Waals surface area contributed by atoms with E-state index in [-0.39, 0.29) is 54.8 Å². The molecule has 0 aromatic heterocycles. The number of rotatable bonds is 11. The molecule has 0 bridgehead atoms. The number of hydrogen-bond donors (Lipinski definition) is 7. The van der Waals surface area contributed by atoms with Gasteiger partial charge in [0.05, 0.1) is 35.0 Å². The highest BCUT2D eigenvalue weighted by molar-refractivity contribution is 6.21. The average Bonchev–Trinajstić information content (AvgIpc) is 2.99. The Morgan fingerprint density at radius 1 is 0.600 bits per heavy atom. The van der Waals surface area contributed by atoms with Crippen molar-refractivity contribution in [2.75, 3.05) is 0 Å². The predicted octanol–water partition coefficient (Wildman–Crippen LogP) is 4.04. The number of hydrogen-bond acceptors (Lipinski definition) is 7. The number of halogens is 2. The summed E-state index contributed by atoms with van der Waals surface area (Å²) >= 11 is 13.6. The number of carbonyl (C=O) groups is 5. The third kappa shape index (κ3) is 8.61. The van der Waals surface area contributed by atoms with Gasteiger partial charge in [0.25, 0.3) is 0 Å². The molecule has 254 valence electrons. The Labute approximate surface area is 272 Å². The highest BCUT2D eigenvalue weighted by Crippen LogP contribution is 2.45. The molecule has 4 rings (SSSR count). The molecular weight excluding hydrogens is 631 g/mol. The standard InChI is InChI=1S/C31H46Cl2N2O10/c32-23-10-14(1-5-20(23)26(35-45)21-12-16(28(37)38)3-6-18(21)30(41)42)9-15-2-8-25(24(33)11-15)34-27(36)22-13-17(29(39)40)4-7-19(22)31(43)44/h14-26,35,45H,1-13H2,(H,34,36)(H,37,38)(H,39,40)(H,41,42)(H,43,44). The van der Waals surface area contributed by atoms with Crippen molar-refractivity contribution in [2.45, 2.75) is 106 Å². The molecule has 0 aromatic carbocycles. The fourth-order valence-electron chi connectivity index (χ4n) is 8.80. The number of carboxylic acid groups (broad SMARTS) is 4. The fourth-order valence-corrected chi connectivity index (χ4v) is 9.77. The molecule has 0 heterocycles. The number of amides is 1. The summed E-state index contributed by atoms with van der Waals surface area (Å²) in [6.45, 7) is 0. The molecule has 0 aliphatic heterocycles. The lowest BCUT2D eigenvalue weighted by molar-refractivity contribution is -0.154. The van der Waals surface area contributed by atoms with Crippen LogP contribution in [0.2, 0.25) is 0 Å². The Kier molecular flexibility index (Phi) is 12.4. The molecule has 0 saturated heterocycles. The summed E-state index contributed by atoms with van der Waals surface area (Å²) in [5, 5.41) is 50.8. The van der Waals surface area contributed by atoms with Crippen molar-refractivity contribution in [3.05, 3.63) is 0 Å². The lowest BCUT2D eigenvalue weighted by atomic mass is 9.65. The minimum atomic E-state index is -1.09. The van der Waals surface area contributed by atoms with E-state index in [2.05, 4.69) is 10.8 Å². The number of aliphatic carboxylic acids is 4. The van der Waals surface area contributed by atoms with Gasteiger partial charge in [-0.3, -0.25) is 24.0 Å². The van der Waals surface area contributed by atoms with Crippen molar-refractivity contribution in [2.24, 2.45) is 53.3 Å². The van der Waals surface area contributed by atoms with Crippen LogP contribution in [-0.2, 0) is 24.0 Å². The van der Waals surface area contributed by atoms with Crippen LogP contribution in [0.5, 0.6) is 0 Å². The summed E-state index contributed by atoms with van der Waals surface area (Å²) in [5.41, 5.74) is 2.32. The van der Waals surface area contributed by atoms with Gasteiger partial charge in [0.2, 0.25) is 5.91 Å². The van der Waals surface area contributed by atoms with Gasteiger partial charge in [0, 0.05) is 17.5 Å². The molecule has 7 N–H and O–H groups in total.